The first-order valence-corrected chi connectivity index (χ1v) is 23.9. The molecule has 2 amide bonds. The number of rotatable bonds is 13. The number of nitrogens with one attached hydrogen (secondary N) is 2. The van der Waals surface area contributed by atoms with E-state index in [0.29, 0.717) is 38.0 Å². The number of hydrogen-bond acceptors (Lipinski definition) is 7. The van der Waals surface area contributed by atoms with Crippen molar-refractivity contribution in [2.24, 2.45) is 35.5 Å². The van der Waals surface area contributed by atoms with Crippen molar-refractivity contribution in [2.75, 3.05) is 26.2 Å². The molecule has 6 aliphatic carbocycles. The van der Waals surface area contributed by atoms with E-state index in [1.807, 2.05) is 0 Å². The Morgan fingerprint density at radius 2 is 1.33 bits per heavy atom. The van der Waals surface area contributed by atoms with Crippen LogP contribution in [0.25, 0.3) is 0 Å². The van der Waals surface area contributed by atoms with E-state index >= 15 is 0 Å². The molecule has 0 aromatic rings. The minimum atomic E-state index is -0.499. The smallest absolute Gasteiger partial charge is 0.363 e. The van der Waals surface area contributed by atoms with Crippen molar-refractivity contribution in [3.8, 4) is 0 Å². The monoisotopic (exact) mass is 791 g/mol. The van der Waals surface area contributed by atoms with Gasteiger partial charge >= 0.3 is 5.90 Å². The molecule has 3 N–H and O–H groups in total. The number of allylic oxidation sites excluding steroid dienone is 2. The summed E-state index contributed by atoms with van der Waals surface area (Å²) in [6.45, 7) is 5.26. The van der Waals surface area contributed by atoms with Crippen LogP contribution >= 0.6 is 0 Å². The highest BCUT2D eigenvalue weighted by atomic mass is 16.5. The average molecular weight is 791 g/mol. The second kappa shape index (κ2) is 19.2. The van der Waals surface area contributed by atoms with Gasteiger partial charge in [0.2, 0.25) is 11.8 Å². The molecule has 8 unspecified atom stereocenters. The molecule has 2 heterocycles. The van der Waals surface area contributed by atoms with E-state index in [0.717, 1.165) is 119 Å². The second-order valence-corrected chi connectivity index (χ2v) is 19.5. The summed E-state index contributed by atoms with van der Waals surface area (Å²) in [6.07, 6.45) is 28.0. The van der Waals surface area contributed by atoms with Crippen LogP contribution in [0.3, 0.4) is 0 Å². The van der Waals surface area contributed by atoms with Crippen molar-refractivity contribution < 1.29 is 33.9 Å². The minimum Gasteiger partial charge on any atom is -0.852 e. The van der Waals surface area contributed by atoms with Crippen LogP contribution in [0, 0.1) is 35.5 Å². The lowest BCUT2D eigenvalue weighted by Crippen LogP contribution is -2.45. The molecule has 0 spiro atoms. The third-order valence-corrected chi connectivity index (χ3v) is 15.9. The van der Waals surface area contributed by atoms with Crippen LogP contribution in [-0.2, 0) is 19.1 Å². The maximum atomic E-state index is 13.0. The van der Waals surface area contributed by atoms with E-state index in [-0.39, 0.29) is 42.0 Å². The van der Waals surface area contributed by atoms with Gasteiger partial charge in [-0.15, -0.1) is 6.10 Å². The Morgan fingerprint density at radius 1 is 0.754 bits per heavy atom. The van der Waals surface area contributed by atoms with E-state index in [1.165, 1.54) is 69.8 Å². The van der Waals surface area contributed by atoms with E-state index in [9.17, 15) is 19.8 Å². The summed E-state index contributed by atoms with van der Waals surface area (Å²) >= 11 is 0. The molecule has 7 fully saturated rings. The number of hydrogen-bond donors (Lipinski definition) is 3. The summed E-state index contributed by atoms with van der Waals surface area (Å²) in [5, 5.41) is 28.2. The van der Waals surface area contributed by atoms with Crippen LogP contribution in [0.4, 0.5) is 0 Å². The molecular formula is C47H74N4O6. The van der Waals surface area contributed by atoms with Gasteiger partial charge in [-0.05, 0) is 106 Å². The molecule has 6 saturated carbocycles. The molecule has 10 heteroatoms. The van der Waals surface area contributed by atoms with Gasteiger partial charge in [0.1, 0.15) is 12.6 Å². The normalized spacial score (nSPS) is 38.7. The molecule has 0 aromatic heterocycles. The number of ether oxygens (including phenoxy) is 2. The lowest BCUT2D eigenvalue weighted by molar-refractivity contribution is -0.564. The summed E-state index contributed by atoms with van der Waals surface area (Å²) < 4.78 is 16.5. The number of amides is 2. The lowest BCUT2D eigenvalue weighted by Gasteiger charge is -2.42. The molecule has 10 nitrogen and oxygen atoms in total. The van der Waals surface area contributed by atoms with Crippen molar-refractivity contribution in [1.82, 2.24) is 15.5 Å². The molecule has 0 bridgehead atoms. The fourth-order valence-corrected chi connectivity index (χ4v) is 12.5. The summed E-state index contributed by atoms with van der Waals surface area (Å²) in [6, 6.07) is 0.761. The van der Waals surface area contributed by atoms with Gasteiger partial charge in [0.25, 0.3) is 0 Å². The van der Waals surface area contributed by atoms with Crippen LogP contribution in [0.15, 0.2) is 23.6 Å². The summed E-state index contributed by atoms with van der Waals surface area (Å²) in [5.41, 5.74) is 1.22. The van der Waals surface area contributed by atoms with Crippen molar-refractivity contribution >= 4 is 17.7 Å². The largest absolute Gasteiger partial charge is 0.852 e. The molecule has 8 aliphatic rings. The number of nitrogens with zero attached hydrogens (tertiary/aromatic N) is 2. The maximum Gasteiger partial charge on any atom is 0.363 e. The quantitative estimate of drug-likeness (QED) is 0.152. The highest BCUT2D eigenvalue weighted by molar-refractivity contribution is 5.85. The van der Waals surface area contributed by atoms with Crippen LogP contribution in [0.2, 0.25) is 0 Å². The van der Waals surface area contributed by atoms with Gasteiger partial charge in [-0.25, -0.2) is 0 Å². The first-order valence-electron chi connectivity index (χ1n) is 23.9. The van der Waals surface area contributed by atoms with Crippen LogP contribution in [0.5, 0.6) is 0 Å². The topological polar surface area (TPSA) is 126 Å². The molecule has 0 radical (unpaired) electrons. The Hall–Kier alpha value is -2.59. The molecule has 8 atom stereocenters. The second-order valence-electron chi connectivity index (χ2n) is 19.5. The fraction of sp³-hybridized carbons (Fsp3) is 0.851. The van der Waals surface area contributed by atoms with Gasteiger partial charge in [0.15, 0.2) is 18.0 Å². The molecule has 0 aromatic carbocycles. The predicted octanol–water partition coefficient (Wildman–Crippen LogP) is 6.10. The van der Waals surface area contributed by atoms with Crippen LogP contribution in [-0.4, -0.2) is 95.0 Å². The van der Waals surface area contributed by atoms with Gasteiger partial charge in [-0.3, -0.25) is 9.59 Å². The molecule has 2 aliphatic heterocycles. The first kappa shape index (κ1) is 41.2. The van der Waals surface area contributed by atoms with Gasteiger partial charge < -0.3 is 35.2 Å². The predicted molar refractivity (Wildman–Crippen MR) is 219 cm³/mol. The van der Waals surface area contributed by atoms with Crippen molar-refractivity contribution in [2.45, 2.75) is 191 Å². The number of aliphatic hydroxyl groups is 1. The zero-order valence-electron chi connectivity index (χ0n) is 35.1. The first-order chi connectivity index (χ1) is 27.8. The number of fused-ring (bicyclic) bond motifs is 4. The number of carbonyl (C=O) groups excluding carboxylic acids is 2. The number of aliphatic hydroxyl groups excluding tert-OH is 1. The van der Waals surface area contributed by atoms with Crippen molar-refractivity contribution in [3.63, 3.8) is 0 Å². The Kier molecular flexibility index (Phi) is 13.9. The molecule has 8 rings (SSSR count). The van der Waals surface area contributed by atoms with Gasteiger partial charge in [0, 0.05) is 50.4 Å². The SMILES string of the molecule is CCC(=CC1=[N+](CCCNC(=O)C2CCC(O)CC2)C2CC3CCCCC3CC2O1)C=C1OC2CC3CCCCC3CC2N1CCCNC(=O)C1CCC([O-])CC1. The third-order valence-electron chi connectivity index (χ3n) is 15.9. The highest BCUT2D eigenvalue weighted by Gasteiger charge is 2.51. The Bertz CT molecular complexity index is 1480. The zero-order chi connectivity index (χ0) is 39.3. The molecule has 1 saturated heterocycles. The van der Waals surface area contributed by atoms with Gasteiger partial charge in [-0.1, -0.05) is 64.7 Å². The maximum absolute atomic E-state index is 13.0. The number of carbonyl (C=O) groups is 2. The van der Waals surface area contributed by atoms with Crippen molar-refractivity contribution in [1.29, 1.82) is 0 Å². The fourth-order valence-electron chi connectivity index (χ4n) is 12.5. The zero-order valence-corrected chi connectivity index (χ0v) is 35.1. The Morgan fingerprint density at radius 3 is 1.98 bits per heavy atom. The summed E-state index contributed by atoms with van der Waals surface area (Å²) in [7, 11) is 0. The van der Waals surface area contributed by atoms with Crippen LogP contribution < -0.4 is 15.7 Å². The standard InChI is InChI=1S/C47H74N4O6/c1-2-31(25-44-50(23-7-21-48-46(54)32-13-17-38(52)18-14-32)40-27-34-9-3-5-11-36(34)29-42(40)56-44)26-45-51(24-8-22-49-47(55)33-15-19-39(53)20-16-33)41-28-35-10-4-6-12-37(35)30-43(41)57-45/h25-26,32-43,52H,2-24,27-30H2,1H3,(H,48,54)(H,49,55). The molecular weight excluding hydrogens is 717 g/mol. The van der Waals surface area contributed by atoms with Gasteiger partial charge in [0.05, 0.1) is 18.2 Å². The van der Waals surface area contributed by atoms with E-state index < -0.39 is 6.10 Å². The summed E-state index contributed by atoms with van der Waals surface area (Å²) in [4.78, 5) is 28.5. The Balaban J connectivity index is 0.974. The van der Waals surface area contributed by atoms with Crippen LogP contribution in [0.1, 0.15) is 155 Å². The highest BCUT2D eigenvalue weighted by Crippen LogP contribution is 2.47. The molecule has 318 valence electrons. The van der Waals surface area contributed by atoms with Crippen molar-refractivity contribution in [3.05, 3.63) is 23.6 Å². The summed E-state index contributed by atoms with van der Waals surface area (Å²) in [5.74, 6) is 5.38. The minimum absolute atomic E-state index is 0.0112. The lowest BCUT2D eigenvalue weighted by atomic mass is 9.68. The molecule has 57 heavy (non-hydrogen) atoms. The van der Waals surface area contributed by atoms with E-state index in [1.54, 1.807) is 0 Å². The Labute approximate surface area is 342 Å². The average Bonchev–Trinajstić information content (AvgIpc) is 3.74. The third kappa shape index (κ3) is 9.90. The van der Waals surface area contributed by atoms with E-state index in [2.05, 4.69) is 39.2 Å². The van der Waals surface area contributed by atoms with Gasteiger partial charge in [-0.2, -0.15) is 4.58 Å². The van der Waals surface area contributed by atoms with E-state index in [4.69, 9.17) is 9.47 Å².